The molecule has 0 fully saturated rings. The average Bonchev–Trinajstić information content (AvgIpc) is 2.97. The average molecular weight is 605 g/mol. The summed E-state index contributed by atoms with van der Waals surface area (Å²) >= 11 is 4.65. The van der Waals surface area contributed by atoms with Crippen molar-refractivity contribution in [1.29, 1.82) is 0 Å². The molecule has 10 nitrogen and oxygen atoms in total. The minimum Gasteiger partial charge on any atom is -0.493 e. The van der Waals surface area contributed by atoms with Gasteiger partial charge in [-0.15, -0.1) is 0 Å². The first-order valence-corrected chi connectivity index (χ1v) is 14.3. The summed E-state index contributed by atoms with van der Waals surface area (Å²) in [4.78, 5) is 14.8. The van der Waals surface area contributed by atoms with E-state index in [1.165, 1.54) is 39.5 Å². The van der Waals surface area contributed by atoms with Crippen LogP contribution >= 0.6 is 12.2 Å². The molecule has 0 saturated heterocycles. The second-order valence-corrected chi connectivity index (χ2v) is 10.9. The molecule has 1 unspecified atom stereocenters. The third-order valence-corrected chi connectivity index (χ3v) is 7.60. The topological polar surface area (TPSA) is 138 Å². The zero-order valence-electron chi connectivity index (χ0n) is 23.9. The molecule has 222 valence electrons. The molecule has 0 aliphatic carbocycles. The second-order valence-electron chi connectivity index (χ2n) is 9.00. The predicted octanol–water partition coefficient (Wildman–Crippen LogP) is 4.30. The van der Waals surface area contributed by atoms with Gasteiger partial charge in [0.15, 0.2) is 11.5 Å². The van der Waals surface area contributed by atoms with Gasteiger partial charge in [0.2, 0.25) is 5.75 Å². The molecule has 3 rings (SSSR count). The van der Waals surface area contributed by atoms with Crippen LogP contribution in [0.3, 0.4) is 0 Å². The van der Waals surface area contributed by atoms with E-state index in [4.69, 9.17) is 29.2 Å². The van der Waals surface area contributed by atoms with Crippen LogP contribution in [0.15, 0.2) is 71.6 Å². The molecule has 0 aliphatic heterocycles. The number of hydrogen-bond acceptors (Lipinski definition) is 9. The van der Waals surface area contributed by atoms with Gasteiger partial charge in [-0.1, -0.05) is 61.6 Å². The summed E-state index contributed by atoms with van der Waals surface area (Å²) in [5, 5.41) is 0. The van der Waals surface area contributed by atoms with Crippen molar-refractivity contribution < 1.29 is 36.7 Å². The fourth-order valence-corrected chi connectivity index (χ4v) is 4.77. The molecule has 3 N–H and O–H groups in total. The van der Waals surface area contributed by atoms with E-state index < -0.39 is 21.6 Å². The van der Waals surface area contributed by atoms with Gasteiger partial charge in [-0.2, -0.15) is 8.42 Å². The summed E-state index contributed by atoms with van der Waals surface area (Å²) in [7, 11) is 4.34. The summed E-state index contributed by atoms with van der Waals surface area (Å²) in [6.45, 7) is 2.30. The Kier molecular flexibility index (Phi) is 12.1. The number of benzene rings is 3. The molecule has 0 aromatic heterocycles. The number of carbonyl (C=O) groups is 1. The van der Waals surface area contributed by atoms with Gasteiger partial charge in [-0.05, 0) is 50.3 Å². The number of rotatable bonds is 11. The molecule has 3 aromatic rings. The SMILES string of the molecule is CCC(COC(=O)c1cc(OC)c(OC)c(OC)c1)(c1ccccc1)N(C)C.NC(=S)c1cccc(S(=O)(=O)O)c1. The van der Waals surface area contributed by atoms with Crippen molar-refractivity contribution in [3.8, 4) is 17.2 Å². The Balaban J connectivity index is 0.000000377. The van der Waals surface area contributed by atoms with Crippen molar-refractivity contribution in [2.75, 3.05) is 42.0 Å². The predicted molar refractivity (Wildman–Crippen MR) is 161 cm³/mol. The second kappa shape index (κ2) is 14.8. The Hall–Kier alpha value is -3.71. The maximum Gasteiger partial charge on any atom is 0.338 e. The summed E-state index contributed by atoms with van der Waals surface area (Å²) in [5.41, 5.74) is 6.71. The van der Waals surface area contributed by atoms with E-state index in [2.05, 4.69) is 36.2 Å². The van der Waals surface area contributed by atoms with Crippen molar-refractivity contribution >= 4 is 33.3 Å². The van der Waals surface area contributed by atoms with Crippen LogP contribution in [0.2, 0.25) is 0 Å². The Morgan fingerprint density at radius 2 is 1.51 bits per heavy atom. The van der Waals surface area contributed by atoms with Gasteiger partial charge < -0.3 is 24.7 Å². The molecular formula is C29H36N2O8S2. The quantitative estimate of drug-likeness (QED) is 0.184. The van der Waals surface area contributed by atoms with Gasteiger partial charge in [0.1, 0.15) is 11.6 Å². The number of nitrogens with zero attached hydrogens (tertiary/aromatic N) is 1. The monoisotopic (exact) mass is 604 g/mol. The first-order chi connectivity index (χ1) is 19.3. The number of carbonyl (C=O) groups excluding carboxylic acids is 1. The van der Waals surface area contributed by atoms with Gasteiger partial charge >= 0.3 is 5.97 Å². The van der Waals surface area contributed by atoms with E-state index in [9.17, 15) is 13.2 Å². The molecule has 0 bridgehead atoms. The first-order valence-electron chi connectivity index (χ1n) is 12.4. The minimum atomic E-state index is -4.17. The lowest BCUT2D eigenvalue weighted by Gasteiger charge is -2.39. The Labute approximate surface area is 246 Å². The third-order valence-electron chi connectivity index (χ3n) is 6.51. The molecule has 0 amide bonds. The number of esters is 1. The van der Waals surface area contributed by atoms with Crippen molar-refractivity contribution in [3.05, 3.63) is 83.4 Å². The smallest absolute Gasteiger partial charge is 0.338 e. The maximum atomic E-state index is 12.8. The molecule has 12 heteroatoms. The lowest BCUT2D eigenvalue weighted by atomic mass is 9.87. The van der Waals surface area contributed by atoms with Crippen molar-refractivity contribution in [1.82, 2.24) is 4.90 Å². The van der Waals surface area contributed by atoms with E-state index in [1.807, 2.05) is 32.3 Å². The summed E-state index contributed by atoms with van der Waals surface area (Å²) in [6.07, 6.45) is 0.784. The van der Waals surface area contributed by atoms with Crippen LogP contribution in [0.1, 0.15) is 34.8 Å². The summed E-state index contributed by atoms with van der Waals surface area (Å²) in [5.74, 6) is 0.800. The Morgan fingerprint density at radius 1 is 0.927 bits per heavy atom. The number of nitrogens with two attached hydrogens (primary N) is 1. The van der Waals surface area contributed by atoms with Crippen LogP contribution in [0.25, 0.3) is 0 Å². The molecule has 0 heterocycles. The minimum absolute atomic E-state index is 0.0884. The summed E-state index contributed by atoms with van der Waals surface area (Å²) in [6, 6.07) is 18.7. The number of thiocarbonyl (C=S) groups is 1. The van der Waals surface area contributed by atoms with E-state index in [-0.39, 0.29) is 16.5 Å². The number of hydrogen-bond donors (Lipinski definition) is 2. The number of ether oxygens (including phenoxy) is 4. The molecule has 0 aliphatic rings. The highest BCUT2D eigenvalue weighted by atomic mass is 32.2. The normalized spacial score (nSPS) is 12.4. The van der Waals surface area contributed by atoms with Crippen LogP contribution in [0, 0.1) is 0 Å². The maximum absolute atomic E-state index is 12.8. The fraction of sp³-hybridized carbons (Fsp3) is 0.310. The van der Waals surface area contributed by atoms with Gasteiger partial charge in [0, 0.05) is 5.56 Å². The van der Waals surface area contributed by atoms with E-state index >= 15 is 0 Å². The van der Waals surface area contributed by atoms with Crippen LogP contribution in [-0.2, 0) is 20.4 Å². The zero-order valence-corrected chi connectivity index (χ0v) is 25.5. The first kappa shape index (κ1) is 33.5. The molecular weight excluding hydrogens is 568 g/mol. The lowest BCUT2D eigenvalue weighted by molar-refractivity contribution is 0.0119. The van der Waals surface area contributed by atoms with E-state index in [0.717, 1.165) is 12.0 Å². The van der Waals surface area contributed by atoms with Crippen molar-refractivity contribution in [2.45, 2.75) is 23.8 Å². The highest BCUT2D eigenvalue weighted by Gasteiger charge is 2.35. The van der Waals surface area contributed by atoms with Crippen LogP contribution in [0.5, 0.6) is 17.2 Å². The molecule has 41 heavy (non-hydrogen) atoms. The van der Waals surface area contributed by atoms with Crippen molar-refractivity contribution in [2.24, 2.45) is 5.73 Å². The van der Waals surface area contributed by atoms with Crippen molar-refractivity contribution in [3.63, 3.8) is 0 Å². The molecule has 0 saturated carbocycles. The Morgan fingerprint density at radius 3 is 1.95 bits per heavy atom. The largest absolute Gasteiger partial charge is 0.493 e. The van der Waals surface area contributed by atoms with E-state index in [1.54, 1.807) is 18.2 Å². The highest BCUT2D eigenvalue weighted by molar-refractivity contribution is 7.85. The van der Waals surface area contributed by atoms with Crippen LogP contribution < -0.4 is 19.9 Å². The standard InChI is InChI=1S/C22H29NO5.C7H7NO3S2/c1-7-22(23(2)3,17-11-9-8-10-12-17)15-28-21(24)16-13-18(25-4)20(27-6)19(14-16)26-5;8-7(12)5-2-1-3-6(4-5)13(9,10)11/h8-14H,7,15H2,1-6H3;1-4H,(H2,8,12)(H,9,10,11). The van der Waals surface area contributed by atoms with E-state index in [0.29, 0.717) is 28.4 Å². The van der Waals surface area contributed by atoms with Gasteiger partial charge in [0.25, 0.3) is 10.1 Å². The molecule has 3 aromatic carbocycles. The fourth-order valence-electron chi connectivity index (χ4n) is 4.12. The lowest BCUT2D eigenvalue weighted by Crippen LogP contribution is -2.45. The van der Waals surface area contributed by atoms with Gasteiger partial charge in [0.05, 0.1) is 37.3 Å². The molecule has 1 atom stereocenters. The number of methoxy groups -OCH3 is 3. The van der Waals surface area contributed by atoms with Crippen LogP contribution in [-0.4, -0.2) is 70.9 Å². The van der Waals surface area contributed by atoms with Gasteiger partial charge in [-0.25, -0.2) is 4.79 Å². The number of likely N-dealkylation sites (N-methyl/N-ethyl adjacent to an activating group) is 1. The van der Waals surface area contributed by atoms with Gasteiger partial charge in [-0.3, -0.25) is 9.45 Å². The Bertz CT molecular complexity index is 1420. The molecule has 0 radical (unpaired) electrons. The third kappa shape index (κ3) is 8.40. The highest BCUT2D eigenvalue weighted by Crippen LogP contribution is 2.38. The molecule has 0 spiro atoms. The van der Waals surface area contributed by atoms with Crippen LogP contribution in [0.4, 0.5) is 0 Å². The summed E-state index contributed by atoms with van der Waals surface area (Å²) < 4.78 is 51.7. The zero-order chi connectivity index (χ0) is 30.8.